The molecule has 2 unspecified atom stereocenters. The third kappa shape index (κ3) is 4.55. The second kappa shape index (κ2) is 7.76. The molecule has 21 heavy (non-hydrogen) atoms. The zero-order valence-corrected chi connectivity index (χ0v) is 14.8. The fourth-order valence-corrected chi connectivity index (χ4v) is 3.78. The Morgan fingerprint density at radius 3 is 3.10 bits per heavy atom. The number of carbonyl (C=O) groups excluding carboxylic acids is 1. The van der Waals surface area contributed by atoms with Gasteiger partial charge in [0.15, 0.2) is 0 Å². The summed E-state index contributed by atoms with van der Waals surface area (Å²) < 4.78 is 1.14. The van der Waals surface area contributed by atoms with Crippen molar-refractivity contribution in [2.75, 3.05) is 31.5 Å². The standard InChI is InChI=1S/C15H20IN3O.ClH/c16-12-2-1-3-13(8-12)18-15(20)10-19-7-5-14-11(9-19)4-6-17-14;/h1-3,8,11,14,17H,4-7,9-10H2,(H,18,20);1H. The molecule has 0 aromatic heterocycles. The minimum atomic E-state index is 0. The average molecular weight is 422 g/mol. The van der Waals surface area contributed by atoms with E-state index in [1.54, 1.807) is 0 Å². The van der Waals surface area contributed by atoms with Crippen molar-refractivity contribution in [3.63, 3.8) is 0 Å². The average Bonchev–Trinajstić information content (AvgIpc) is 2.86. The summed E-state index contributed by atoms with van der Waals surface area (Å²) in [7, 11) is 0. The van der Waals surface area contributed by atoms with Gasteiger partial charge in [-0.3, -0.25) is 9.69 Å². The fourth-order valence-electron chi connectivity index (χ4n) is 3.24. The maximum atomic E-state index is 12.1. The molecule has 1 amide bonds. The number of benzene rings is 1. The van der Waals surface area contributed by atoms with Gasteiger partial charge in [0.1, 0.15) is 0 Å². The van der Waals surface area contributed by atoms with E-state index < -0.39 is 0 Å². The smallest absolute Gasteiger partial charge is 0.238 e. The van der Waals surface area contributed by atoms with Gasteiger partial charge in [-0.2, -0.15) is 0 Å². The summed E-state index contributed by atoms with van der Waals surface area (Å²) in [5.41, 5.74) is 0.888. The Morgan fingerprint density at radius 2 is 2.29 bits per heavy atom. The van der Waals surface area contributed by atoms with Gasteiger partial charge >= 0.3 is 0 Å². The number of nitrogens with zero attached hydrogens (tertiary/aromatic N) is 1. The lowest BCUT2D eigenvalue weighted by atomic mass is 9.93. The Bertz CT molecular complexity index is 500. The number of likely N-dealkylation sites (tertiary alicyclic amines) is 1. The number of fused-ring (bicyclic) bond motifs is 1. The van der Waals surface area contributed by atoms with Crippen molar-refractivity contribution in [1.29, 1.82) is 0 Å². The van der Waals surface area contributed by atoms with Crippen LogP contribution in [0, 0.1) is 9.49 Å². The van der Waals surface area contributed by atoms with Gasteiger partial charge in [0.05, 0.1) is 6.54 Å². The summed E-state index contributed by atoms with van der Waals surface area (Å²) >= 11 is 2.26. The zero-order valence-electron chi connectivity index (χ0n) is 11.8. The van der Waals surface area contributed by atoms with Crippen LogP contribution >= 0.6 is 35.0 Å². The van der Waals surface area contributed by atoms with E-state index in [1.807, 2.05) is 24.3 Å². The number of hydrogen-bond donors (Lipinski definition) is 2. The molecule has 2 heterocycles. The molecule has 6 heteroatoms. The SMILES string of the molecule is Cl.O=C(CN1CCC2NCCC2C1)Nc1cccc(I)c1. The maximum Gasteiger partial charge on any atom is 0.238 e. The van der Waals surface area contributed by atoms with Crippen LogP contribution in [-0.4, -0.2) is 43.0 Å². The Labute approximate surface area is 145 Å². The van der Waals surface area contributed by atoms with Crippen LogP contribution in [0.3, 0.4) is 0 Å². The first-order chi connectivity index (χ1) is 9.70. The van der Waals surface area contributed by atoms with E-state index in [0.29, 0.717) is 12.6 Å². The molecule has 2 aliphatic rings. The number of amides is 1. The van der Waals surface area contributed by atoms with E-state index in [4.69, 9.17) is 0 Å². The van der Waals surface area contributed by atoms with Gasteiger partial charge in [0.2, 0.25) is 5.91 Å². The van der Waals surface area contributed by atoms with Crippen LogP contribution < -0.4 is 10.6 Å². The van der Waals surface area contributed by atoms with Crippen molar-refractivity contribution in [1.82, 2.24) is 10.2 Å². The lowest BCUT2D eigenvalue weighted by Gasteiger charge is -2.34. The Morgan fingerprint density at radius 1 is 1.43 bits per heavy atom. The largest absolute Gasteiger partial charge is 0.325 e. The first-order valence-corrected chi connectivity index (χ1v) is 8.30. The molecule has 2 atom stereocenters. The number of carbonyl (C=O) groups is 1. The topological polar surface area (TPSA) is 44.4 Å². The molecule has 2 fully saturated rings. The minimum Gasteiger partial charge on any atom is -0.325 e. The number of halogens is 2. The molecule has 2 saturated heterocycles. The third-order valence-electron chi connectivity index (χ3n) is 4.22. The molecular weight excluding hydrogens is 401 g/mol. The molecule has 1 aromatic carbocycles. The predicted octanol–water partition coefficient (Wildman–Crippen LogP) is 2.34. The first kappa shape index (κ1) is 17.0. The molecule has 4 nitrogen and oxygen atoms in total. The second-order valence-corrected chi connectivity index (χ2v) is 6.94. The predicted molar refractivity (Wildman–Crippen MR) is 96.0 cm³/mol. The van der Waals surface area contributed by atoms with Crippen LogP contribution in [0.5, 0.6) is 0 Å². The Kier molecular flexibility index (Phi) is 6.28. The third-order valence-corrected chi connectivity index (χ3v) is 4.89. The van der Waals surface area contributed by atoms with Crippen LogP contribution in [0.15, 0.2) is 24.3 Å². The van der Waals surface area contributed by atoms with Crippen LogP contribution in [0.4, 0.5) is 5.69 Å². The summed E-state index contributed by atoms with van der Waals surface area (Å²) in [6, 6.07) is 8.60. The van der Waals surface area contributed by atoms with Crippen molar-refractivity contribution in [3.8, 4) is 0 Å². The monoisotopic (exact) mass is 421 g/mol. The molecule has 2 N–H and O–H groups in total. The van der Waals surface area contributed by atoms with E-state index in [-0.39, 0.29) is 18.3 Å². The Balaban J connectivity index is 0.00000161. The van der Waals surface area contributed by atoms with Crippen LogP contribution in [0.1, 0.15) is 12.8 Å². The van der Waals surface area contributed by atoms with Crippen molar-refractivity contribution in [3.05, 3.63) is 27.8 Å². The quantitative estimate of drug-likeness (QED) is 0.737. The van der Waals surface area contributed by atoms with E-state index in [1.165, 1.54) is 12.8 Å². The van der Waals surface area contributed by atoms with E-state index >= 15 is 0 Å². The molecule has 0 radical (unpaired) electrons. The summed E-state index contributed by atoms with van der Waals surface area (Å²) in [5.74, 6) is 0.825. The fraction of sp³-hybridized carbons (Fsp3) is 0.533. The van der Waals surface area contributed by atoms with Gasteiger partial charge in [-0.1, -0.05) is 6.07 Å². The Hall–Kier alpha value is -0.370. The van der Waals surface area contributed by atoms with Gasteiger partial charge in [0.25, 0.3) is 0 Å². The van der Waals surface area contributed by atoms with Gasteiger partial charge in [-0.25, -0.2) is 0 Å². The molecule has 2 aliphatic heterocycles. The first-order valence-electron chi connectivity index (χ1n) is 7.22. The maximum absolute atomic E-state index is 12.1. The molecule has 0 aliphatic carbocycles. The summed E-state index contributed by atoms with van der Waals surface area (Å²) in [5, 5.41) is 6.54. The summed E-state index contributed by atoms with van der Waals surface area (Å²) in [6.07, 6.45) is 2.42. The van der Waals surface area contributed by atoms with Gasteiger partial charge in [-0.15, -0.1) is 12.4 Å². The molecule has 0 spiro atoms. The van der Waals surface area contributed by atoms with Gasteiger partial charge in [-0.05, 0) is 66.1 Å². The molecule has 0 saturated carbocycles. The number of piperidine rings is 1. The number of nitrogens with one attached hydrogen (secondary N) is 2. The van der Waals surface area contributed by atoms with Crippen molar-refractivity contribution in [2.45, 2.75) is 18.9 Å². The van der Waals surface area contributed by atoms with E-state index in [0.717, 1.165) is 34.8 Å². The molecular formula is C15H21ClIN3O. The highest BCUT2D eigenvalue weighted by Gasteiger charge is 2.32. The van der Waals surface area contributed by atoms with Crippen molar-refractivity contribution in [2.24, 2.45) is 5.92 Å². The second-order valence-electron chi connectivity index (χ2n) is 5.69. The molecule has 116 valence electrons. The highest BCUT2D eigenvalue weighted by atomic mass is 127. The zero-order chi connectivity index (χ0) is 13.9. The summed E-state index contributed by atoms with van der Waals surface area (Å²) in [6.45, 7) is 3.72. The van der Waals surface area contributed by atoms with Crippen molar-refractivity contribution >= 4 is 46.6 Å². The van der Waals surface area contributed by atoms with E-state index in [9.17, 15) is 4.79 Å². The molecule has 1 aromatic rings. The number of anilines is 1. The van der Waals surface area contributed by atoms with Gasteiger partial charge < -0.3 is 10.6 Å². The highest BCUT2D eigenvalue weighted by molar-refractivity contribution is 14.1. The van der Waals surface area contributed by atoms with E-state index in [2.05, 4.69) is 38.1 Å². The molecule has 3 rings (SSSR count). The van der Waals surface area contributed by atoms with Crippen molar-refractivity contribution < 1.29 is 4.79 Å². The number of hydrogen-bond acceptors (Lipinski definition) is 3. The normalized spacial score (nSPS) is 25.0. The molecule has 0 bridgehead atoms. The van der Waals surface area contributed by atoms with Crippen LogP contribution in [0.2, 0.25) is 0 Å². The van der Waals surface area contributed by atoms with Crippen LogP contribution in [0.25, 0.3) is 0 Å². The van der Waals surface area contributed by atoms with Crippen LogP contribution in [-0.2, 0) is 4.79 Å². The minimum absolute atomic E-state index is 0. The highest BCUT2D eigenvalue weighted by Crippen LogP contribution is 2.24. The lowest BCUT2D eigenvalue weighted by Crippen LogP contribution is -2.46. The number of rotatable bonds is 3. The summed E-state index contributed by atoms with van der Waals surface area (Å²) in [4.78, 5) is 14.4. The van der Waals surface area contributed by atoms with Gasteiger partial charge in [0, 0.05) is 28.4 Å². The lowest BCUT2D eigenvalue weighted by molar-refractivity contribution is -0.117.